The average Bonchev–Trinajstić information content (AvgIpc) is 3.85. The number of nitrogens with zero attached hydrogens (tertiary/aromatic N) is 3. The summed E-state index contributed by atoms with van der Waals surface area (Å²) in [7, 11) is 0. The normalized spacial score (nSPS) is 15.0. The summed E-state index contributed by atoms with van der Waals surface area (Å²) >= 11 is -1.67. The van der Waals surface area contributed by atoms with Gasteiger partial charge >= 0.3 is 5.97 Å². The van der Waals surface area contributed by atoms with Crippen molar-refractivity contribution in [2.24, 2.45) is 11.8 Å². The van der Waals surface area contributed by atoms with E-state index in [2.05, 4.69) is 16.8 Å². The fraction of sp³-hybridized carbons (Fsp3) is 0.300. The van der Waals surface area contributed by atoms with Crippen molar-refractivity contribution in [2.75, 3.05) is 0 Å². The molecular weight excluding hydrogens is 582 g/mol. The third kappa shape index (κ3) is 6.50. The Hall–Kier alpha value is -3.76. The molecule has 4 aromatic rings. The summed E-state index contributed by atoms with van der Waals surface area (Å²) in [5.41, 5.74) is 3.49. The van der Waals surface area contributed by atoms with Gasteiger partial charge in [0, 0.05) is 29.3 Å². The molecule has 8 nitrogen and oxygen atoms in total. The maximum atomic E-state index is 14.8. The van der Waals surface area contributed by atoms with Crippen molar-refractivity contribution < 1.29 is 27.4 Å². The van der Waals surface area contributed by atoms with Crippen molar-refractivity contribution in [1.82, 2.24) is 20.9 Å². The predicted molar refractivity (Wildman–Crippen MR) is 157 cm³/mol. The Bertz CT molecular complexity index is 1750. The van der Waals surface area contributed by atoms with Crippen LogP contribution in [0, 0.1) is 35.3 Å². The highest BCUT2D eigenvalue weighted by molar-refractivity contribution is 7.79. The number of thiazole rings is 1. The molecule has 2 aliphatic rings. The molecule has 2 aliphatic carbocycles. The lowest BCUT2D eigenvalue weighted by Gasteiger charge is -2.09. The fourth-order valence-electron chi connectivity index (χ4n) is 4.73. The van der Waals surface area contributed by atoms with Gasteiger partial charge in [-0.2, -0.15) is 9.65 Å². The molecule has 1 unspecified atom stereocenters. The monoisotopic (exact) mass is 611 g/mol. The van der Waals surface area contributed by atoms with Crippen LogP contribution in [0.1, 0.15) is 65.0 Å². The molecule has 12 heteroatoms. The first-order valence-electron chi connectivity index (χ1n) is 13.3. The Kier molecular flexibility index (Phi) is 8.65. The van der Waals surface area contributed by atoms with E-state index in [1.807, 2.05) is 0 Å². The fourth-order valence-corrected chi connectivity index (χ4v) is 5.95. The summed E-state index contributed by atoms with van der Waals surface area (Å²) in [5, 5.41) is 16.2. The van der Waals surface area contributed by atoms with Crippen LogP contribution in [-0.2, 0) is 28.1 Å². The van der Waals surface area contributed by atoms with E-state index < -0.39 is 28.7 Å². The predicted octanol–water partition coefficient (Wildman–Crippen LogP) is 6.36. The zero-order valence-electron chi connectivity index (χ0n) is 22.5. The quantitative estimate of drug-likeness (QED) is 0.114. The zero-order valence-corrected chi connectivity index (χ0v) is 24.2. The Morgan fingerprint density at radius 1 is 1.10 bits per heavy atom. The zero-order chi connectivity index (χ0) is 28.7. The van der Waals surface area contributed by atoms with Crippen molar-refractivity contribution in [3.05, 3.63) is 81.5 Å². The second-order valence-corrected chi connectivity index (χ2v) is 12.4. The number of carboxylic acid groups (broad SMARTS) is 1. The molecule has 2 saturated carbocycles. The van der Waals surface area contributed by atoms with Crippen LogP contribution in [-0.4, -0.2) is 30.4 Å². The summed E-state index contributed by atoms with van der Waals surface area (Å²) in [5.74, 6) is 4.71. The van der Waals surface area contributed by atoms with Crippen LogP contribution >= 0.6 is 11.3 Å². The number of aromatic carboxylic acids is 1. The van der Waals surface area contributed by atoms with Crippen LogP contribution in [0.4, 0.5) is 8.78 Å². The van der Waals surface area contributed by atoms with E-state index in [4.69, 9.17) is 5.10 Å². The maximum absolute atomic E-state index is 14.8. The number of carboxylic acids is 1. The lowest BCUT2D eigenvalue weighted by molar-refractivity contribution is 0.0691. The largest absolute Gasteiger partial charge is 0.476 e. The smallest absolute Gasteiger partial charge is 0.355 e. The van der Waals surface area contributed by atoms with Crippen LogP contribution in [0.3, 0.4) is 0 Å². The van der Waals surface area contributed by atoms with Gasteiger partial charge in [-0.25, -0.2) is 23.2 Å². The number of benzene rings is 2. The molecule has 2 aromatic carbocycles. The first-order valence-corrected chi connectivity index (χ1v) is 15.4. The number of hydrogen-bond acceptors (Lipinski definition) is 6. The lowest BCUT2D eigenvalue weighted by Crippen LogP contribution is -2.06. The van der Waals surface area contributed by atoms with Gasteiger partial charge < -0.3 is 11.3 Å². The van der Waals surface area contributed by atoms with Gasteiger partial charge in [-0.05, 0) is 79.8 Å². The molecule has 0 spiro atoms. The molecule has 0 aliphatic heterocycles. The first kappa shape index (κ1) is 29.7. The minimum absolute atomic E-state index is 0. The minimum Gasteiger partial charge on any atom is -0.476 e. The van der Waals surface area contributed by atoms with E-state index in [0.29, 0.717) is 40.2 Å². The first-order chi connectivity index (χ1) is 19.8. The summed E-state index contributed by atoms with van der Waals surface area (Å²) < 4.78 is 52.0. The molecule has 0 amide bonds. The number of hydrogen-bond donors (Lipinski definition) is 3. The third-order valence-corrected chi connectivity index (χ3v) is 8.90. The molecule has 6 rings (SSSR count). The third-order valence-electron chi connectivity index (χ3n) is 7.31. The van der Waals surface area contributed by atoms with E-state index in [1.54, 1.807) is 22.9 Å². The Labute approximate surface area is 247 Å². The molecule has 0 radical (unpaired) electrons. The molecule has 5 N–H and O–H groups in total. The van der Waals surface area contributed by atoms with Gasteiger partial charge in [0.1, 0.15) is 5.82 Å². The number of halogens is 2. The van der Waals surface area contributed by atoms with Crippen molar-refractivity contribution >= 4 is 28.4 Å². The van der Waals surface area contributed by atoms with Gasteiger partial charge in [0.25, 0.3) is 0 Å². The van der Waals surface area contributed by atoms with E-state index in [1.165, 1.54) is 23.6 Å². The second-order valence-electron chi connectivity index (χ2n) is 10.5. The second kappa shape index (κ2) is 12.2. The van der Waals surface area contributed by atoms with Crippen molar-refractivity contribution in [2.45, 2.75) is 49.8 Å². The molecule has 42 heavy (non-hydrogen) atoms. The maximum Gasteiger partial charge on any atom is 0.355 e. The SMILES string of the molecule is N.O=C(O)c1csc(-n2nc(-c3ccc(F)c(C#CCC4CC4)c3)c(Cc3ccc([SH+](=O)O)c(F)c3)c2CC2CC2)n1. The Morgan fingerprint density at radius 3 is 2.50 bits per heavy atom. The van der Waals surface area contributed by atoms with Crippen LogP contribution in [0.15, 0.2) is 46.7 Å². The van der Waals surface area contributed by atoms with Gasteiger partial charge in [-0.15, -0.1) is 11.3 Å². The standard InChI is InChI=1S/C30H25F2N3O4S2.H3N/c31-23-10-9-21(15-20(23)3-1-2-17-4-5-17)28-22(12-19-8-11-27(41(38)39)24(32)13-19)26(14-18-6-7-18)35(34-28)30-33-25(16-40-30)29(36)37;/h8-11,13,15-18H,2,4-7,12,14H2,(H,36,37)(H,38,39);1H3/p+1. The highest BCUT2D eigenvalue weighted by atomic mass is 32.2. The van der Waals surface area contributed by atoms with Crippen LogP contribution in [0.5, 0.6) is 0 Å². The molecular formula is C30H29F2N4O4S2+. The molecule has 2 aromatic heterocycles. The minimum atomic E-state index is -2.83. The van der Waals surface area contributed by atoms with E-state index in [0.717, 1.165) is 54.7 Å². The summed E-state index contributed by atoms with van der Waals surface area (Å²) in [4.78, 5) is 15.6. The summed E-state index contributed by atoms with van der Waals surface area (Å²) in [6, 6.07) is 8.80. The Balaban J connectivity index is 0.00000353. The Morgan fingerprint density at radius 2 is 1.86 bits per heavy atom. The number of aromatic nitrogens is 3. The van der Waals surface area contributed by atoms with Gasteiger partial charge in [0.05, 0.1) is 17.0 Å². The van der Waals surface area contributed by atoms with Crippen LogP contribution < -0.4 is 6.15 Å². The summed E-state index contributed by atoms with van der Waals surface area (Å²) in [6.07, 6.45) is 6.02. The van der Waals surface area contributed by atoms with E-state index in [9.17, 15) is 27.4 Å². The topological polar surface area (TPSA) is 140 Å². The van der Waals surface area contributed by atoms with Gasteiger partial charge in [-0.1, -0.05) is 22.1 Å². The van der Waals surface area contributed by atoms with Crippen molar-refractivity contribution in [3.63, 3.8) is 0 Å². The van der Waals surface area contributed by atoms with Crippen LogP contribution in [0.25, 0.3) is 16.4 Å². The highest BCUT2D eigenvalue weighted by Crippen LogP contribution is 2.38. The lowest BCUT2D eigenvalue weighted by atomic mass is 9.96. The number of rotatable bonds is 9. The van der Waals surface area contributed by atoms with E-state index >= 15 is 0 Å². The molecule has 0 bridgehead atoms. The molecule has 1 atom stereocenters. The van der Waals surface area contributed by atoms with Gasteiger partial charge in [0.2, 0.25) is 21.1 Å². The highest BCUT2D eigenvalue weighted by Gasteiger charge is 2.30. The molecule has 218 valence electrons. The van der Waals surface area contributed by atoms with Gasteiger partial charge in [-0.3, -0.25) is 0 Å². The van der Waals surface area contributed by atoms with Gasteiger partial charge in [0.15, 0.2) is 11.5 Å². The number of carbonyl (C=O) groups is 1. The molecule has 2 heterocycles. The van der Waals surface area contributed by atoms with E-state index in [-0.39, 0.29) is 28.7 Å². The average molecular weight is 612 g/mol. The van der Waals surface area contributed by atoms with Crippen molar-refractivity contribution in [1.29, 1.82) is 0 Å². The number of thiol groups is 1. The molecule has 0 saturated heterocycles. The van der Waals surface area contributed by atoms with Crippen molar-refractivity contribution in [3.8, 4) is 28.2 Å². The molecule has 2 fully saturated rings. The summed E-state index contributed by atoms with van der Waals surface area (Å²) in [6.45, 7) is 0. The van der Waals surface area contributed by atoms with Crippen LogP contribution in [0.2, 0.25) is 0 Å².